The Morgan fingerprint density at radius 1 is 1.06 bits per heavy atom. The smallest absolute Gasteiger partial charge is 0.338 e. The SMILES string of the molecule is CCOC(=O)C1=C(COc2cc(C)cc(C)c2C)N(C)C(=O)N[C@@H]1c1cc(OC)ccc1OC. The molecule has 1 aliphatic heterocycles. The quantitative estimate of drug-likeness (QED) is 0.584. The Bertz CT molecular complexity index is 1120. The fourth-order valence-electron chi connectivity index (χ4n) is 3.98. The first-order valence-corrected chi connectivity index (χ1v) is 11.1. The molecule has 1 heterocycles. The standard InChI is InChI=1S/C26H32N2O6/c1-8-33-25(29)23-20(14-34-22-12-15(2)11-16(3)17(22)4)28(5)26(30)27-24(23)19-13-18(31-6)9-10-21(19)32-7/h9-13,24H,8,14H2,1-7H3,(H,27,30)/t24-/m1/s1. The molecule has 0 unspecified atom stereocenters. The van der Waals surface area contributed by atoms with Crippen molar-refractivity contribution in [2.75, 3.05) is 34.5 Å². The van der Waals surface area contributed by atoms with E-state index in [2.05, 4.69) is 11.4 Å². The molecule has 0 aromatic heterocycles. The van der Waals surface area contributed by atoms with Crippen LogP contribution in [0.25, 0.3) is 0 Å². The lowest BCUT2D eigenvalue weighted by Gasteiger charge is -2.35. The molecule has 0 radical (unpaired) electrons. The lowest BCUT2D eigenvalue weighted by Crippen LogP contribution is -2.48. The minimum atomic E-state index is -0.813. The van der Waals surface area contributed by atoms with Crippen molar-refractivity contribution in [1.29, 1.82) is 0 Å². The predicted molar refractivity (Wildman–Crippen MR) is 128 cm³/mol. The van der Waals surface area contributed by atoms with Crippen molar-refractivity contribution in [3.8, 4) is 17.2 Å². The molecule has 0 aliphatic carbocycles. The summed E-state index contributed by atoms with van der Waals surface area (Å²) in [5.74, 6) is 1.22. The Balaban J connectivity index is 2.14. The van der Waals surface area contributed by atoms with Crippen LogP contribution in [0.2, 0.25) is 0 Å². The number of benzene rings is 2. The zero-order chi connectivity index (χ0) is 25.0. The summed E-state index contributed by atoms with van der Waals surface area (Å²) < 4.78 is 22.4. The van der Waals surface area contributed by atoms with Gasteiger partial charge in [0.25, 0.3) is 0 Å². The molecule has 2 amide bonds. The number of esters is 1. The summed E-state index contributed by atoms with van der Waals surface area (Å²) >= 11 is 0. The number of rotatable bonds is 8. The number of methoxy groups -OCH3 is 2. The van der Waals surface area contributed by atoms with Gasteiger partial charge in [-0.3, -0.25) is 4.90 Å². The third kappa shape index (κ3) is 4.95. The number of ether oxygens (including phenoxy) is 4. The number of likely N-dealkylation sites (N-methyl/N-ethyl adjacent to an activating group) is 1. The van der Waals surface area contributed by atoms with E-state index in [1.807, 2.05) is 26.8 Å². The molecule has 8 nitrogen and oxygen atoms in total. The van der Waals surface area contributed by atoms with Crippen LogP contribution in [0.3, 0.4) is 0 Å². The molecule has 34 heavy (non-hydrogen) atoms. The fraction of sp³-hybridized carbons (Fsp3) is 0.385. The average molecular weight is 469 g/mol. The monoisotopic (exact) mass is 468 g/mol. The number of hydrogen-bond donors (Lipinski definition) is 1. The third-order valence-electron chi connectivity index (χ3n) is 5.95. The first kappa shape index (κ1) is 25.0. The van der Waals surface area contributed by atoms with Crippen molar-refractivity contribution < 1.29 is 28.5 Å². The van der Waals surface area contributed by atoms with Crippen LogP contribution in [0.4, 0.5) is 4.79 Å². The van der Waals surface area contributed by atoms with Gasteiger partial charge in [-0.15, -0.1) is 0 Å². The molecule has 0 fully saturated rings. The maximum Gasteiger partial charge on any atom is 0.338 e. The van der Waals surface area contributed by atoms with Gasteiger partial charge in [-0.2, -0.15) is 0 Å². The van der Waals surface area contributed by atoms with E-state index in [9.17, 15) is 9.59 Å². The Morgan fingerprint density at radius 3 is 2.44 bits per heavy atom. The van der Waals surface area contributed by atoms with Crippen molar-refractivity contribution in [3.63, 3.8) is 0 Å². The highest BCUT2D eigenvalue weighted by molar-refractivity contribution is 5.95. The first-order valence-electron chi connectivity index (χ1n) is 11.1. The number of amides is 2. The molecule has 1 atom stereocenters. The lowest BCUT2D eigenvalue weighted by atomic mass is 9.93. The molecule has 8 heteroatoms. The highest BCUT2D eigenvalue weighted by atomic mass is 16.5. The summed E-state index contributed by atoms with van der Waals surface area (Å²) in [5, 5.41) is 2.89. The van der Waals surface area contributed by atoms with Gasteiger partial charge in [0.05, 0.1) is 38.1 Å². The molecule has 0 spiro atoms. The Kier molecular flexibility index (Phi) is 7.71. The number of urea groups is 1. The number of aryl methyl sites for hydroxylation is 2. The van der Waals surface area contributed by atoms with Gasteiger partial charge in [0.15, 0.2) is 0 Å². The molecule has 0 saturated carbocycles. The van der Waals surface area contributed by atoms with Gasteiger partial charge in [0.1, 0.15) is 23.9 Å². The van der Waals surface area contributed by atoms with E-state index in [4.69, 9.17) is 18.9 Å². The maximum atomic E-state index is 13.2. The van der Waals surface area contributed by atoms with Crippen molar-refractivity contribution in [3.05, 3.63) is 63.9 Å². The molecule has 3 rings (SSSR count). The number of nitrogens with zero attached hydrogens (tertiary/aromatic N) is 1. The van der Waals surface area contributed by atoms with Gasteiger partial charge in [-0.25, -0.2) is 9.59 Å². The number of carbonyl (C=O) groups is 2. The lowest BCUT2D eigenvalue weighted by molar-refractivity contribution is -0.139. The maximum absolute atomic E-state index is 13.2. The first-order chi connectivity index (χ1) is 16.2. The summed E-state index contributed by atoms with van der Waals surface area (Å²) in [6.45, 7) is 7.92. The molecule has 0 bridgehead atoms. The Hall–Kier alpha value is -3.68. The van der Waals surface area contributed by atoms with Gasteiger partial charge in [-0.05, 0) is 68.7 Å². The second-order valence-electron chi connectivity index (χ2n) is 8.12. The van der Waals surface area contributed by atoms with Crippen molar-refractivity contribution >= 4 is 12.0 Å². The molecule has 1 aliphatic rings. The van der Waals surface area contributed by atoms with E-state index in [0.717, 1.165) is 16.7 Å². The van der Waals surface area contributed by atoms with Gasteiger partial charge in [-0.1, -0.05) is 6.07 Å². The average Bonchev–Trinajstić information content (AvgIpc) is 2.82. The Morgan fingerprint density at radius 2 is 1.79 bits per heavy atom. The number of carbonyl (C=O) groups excluding carboxylic acids is 2. The second-order valence-corrected chi connectivity index (χ2v) is 8.12. The topological polar surface area (TPSA) is 86.3 Å². The van der Waals surface area contributed by atoms with E-state index in [-0.39, 0.29) is 24.8 Å². The normalized spacial score (nSPS) is 15.7. The van der Waals surface area contributed by atoms with E-state index in [0.29, 0.717) is 28.5 Å². The predicted octanol–water partition coefficient (Wildman–Crippen LogP) is 4.22. The molecular formula is C26H32N2O6. The number of nitrogens with one attached hydrogen (secondary N) is 1. The van der Waals surface area contributed by atoms with Crippen LogP contribution in [0.5, 0.6) is 17.2 Å². The van der Waals surface area contributed by atoms with Gasteiger partial charge in [0, 0.05) is 12.6 Å². The van der Waals surface area contributed by atoms with Gasteiger partial charge in [0.2, 0.25) is 0 Å². The van der Waals surface area contributed by atoms with Gasteiger partial charge < -0.3 is 24.3 Å². The largest absolute Gasteiger partial charge is 0.497 e. The van der Waals surface area contributed by atoms with Crippen LogP contribution < -0.4 is 19.5 Å². The molecular weight excluding hydrogens is 436 g/mol. The molecule has 2 aromatic rings. The van der Waals surface area contributed by atoms with E-state index >= 15 is 0 Å². The van der Waals surface area contributed by atoms with Crippen LogP contribution in [-0.2, 0) is 9.53 Å². The summed E-state index contributed by atoms with van der Waals surface area (Å²) in [4.78, 5) is 27.5. The minimum absolute atomic E-state index is 0.00455. The van der Waals surface area contributed by atoms with Crippen LogP contribution in [0, 0.1) is 20.8 Å². The fourth-order valence-corrected chi connectivity index (χ4v) is 3.98. The van der Waals surface area contributed by atoms with Crippen LogP contribution in [0.15, 0.2) is 41.6 Å². The zero-order valence-electron chi connectivity index (χ0n) is 20.8. The van der Waals surface area contributed by atoms with Crippen molar-refractivity contribution in [2.24, 2.45) is 0 Å². The number of hydrogen-bond acceptors (Lipinski definition) is 6. The highest BCUT2D eigenvalue weighted by Crippen LogP contribution is 2.38. The molecule has 0 saturated heterocycles. The summed E-state index contributed by atoms with van der Waals surface area (Å²) in [7, 11) is 4.68. The van der Waals surface area contributed by atoms with Crippen LogP contribution >= 0.6 is 0 Å². The van der Waals surface area contributed by atoms with E-state index in [1.165, 1.54) is 12.0 Å². The molecule has 182 valence electrons. The summed E-state index contributed by atoms with van der Waals surface area (Å²) in [5.41, 5.74) is 4.42. The summed E-state index contributed by atoms with van der Waals surface area (Å²) in [6, 6.07) is 8.05. The Labute approximate surface area is 200 Å². The summed E-state index contributed by atoms with van der Waals surface area (Å²) in [6.07, 6.45) is 0. The van der Waals surface area contributed by atoms with Crippen LogP contribution in [-0.4, -0.2) is 51.4 Å². The second kappa shape index (κ2) is 10.5. The third-order valence-corrected chi connectivity index (χ3v) is 5.95. The zero-order valence-corrected chi connectivity index (χ0v) is 20.8. The van der Waals surface area contributed by atoms with Crippen molar-refractivity contribution in [1.82, 2.24) is 10.2 Å². The highest BCUT2D eigenvalue weighted by Gasteiger charge is 2.38. The molecule has 1 N–H and O–H groups in total. The van der Waals surface area contributed by atoms with Gasteiger partial charge >= 0.3 is 12.0 Å². The minimum Gasteiger partial charge on any atom is -0.497 e. The van der Waals surface area contributed by atoms with E-state index in [1.54, 1.807) is 39.3 Å². The van der Waals surface area contributed by atoms with Crippen molar-refractivity contribution in [2.45, 2.75) is 33.7 Å². The van der Waals surface area contributed by atoms with Crippen LogP contribution in [0.1, 0.15) is 35.2 Å². The van der Waals surface area contributed by atoms with E-state index < -0.39 is 12.0 Å². The molecule has 2 aromatic carbocycles.